The highest BCUT2D eigenvalue weighted by Crippen LogP contribution is 2.33. The molecule has 0 aliphatic carbocycles. The number of urea groups is 1. The minimum atomic E-state index is -1.34. The topological polar surface area (TPSA) is 71.4 Å². The van der Waals surface area contributed by atoms with Crippen LogP contribution in [0.25, 0.3) is 0 Å². The minimum absolute atomic E-state index is 0.276. The van der Waals surface area contributed by atoms with Gasteiger partial charge in [0.1, 0.15) is 5.54 Å². The van der Waals surface area contributed by atoms with Gasteiger partial charge in [0.2, 0.25) is 0 Å². The van der Waals surface area contributed by atoms with Gasteiger partial charge in [-0.15, -0.1) is 0 Å². The van der Waals surface area contributed by atoms with Gasteiger partial charge in [0.15, 0.2) is 5.78 Å². The number of rotatable bonds is 6. The van der Waals surface area contributed by atoms with Crippen molar-refractivity contribution in [2.75, 3.05) is 6.54 Å². The van der Waals surface area contributed by atoms with Crippen LogP contribution in [0.3, 0.4) is 0 Å². The SMILES string of the molecule is Cc1cc(C(=O)CN2C(=O)NC(C)(c3ccc(Cl)c(Cl)c3)C2=O)c(C)n1Cc1ccccc1. The lowest BCUT2D eigenvalue weighted by Gasteiger charge is -2.22. The van der Waals surface area contributed by atoms with Crippen LogP contribution in [-0.2, 0) is 16.9 Å². The van der Waals surface area contributed by atoms with Crippen molar-refractivity contribution in [1.29, 1.82) is 0 Å². The zero-order chi connectivity index (χ0) is 23.9. The molecule has 6 nitrogen and oxygen atoms in total. The monoisotopic (exact) mass is 483 g/mol. The number of nitrogens with zero attached hydrogens (tertiary/aromatic N) is 2. The lowest BCUT2D eigenvalue weighted by atomic mass is 9.92. The minimum Gasteiger partial charge on any atom is -0.344 e. The smallest absolute Gasteiger partial charge is 0.325 e. The maximum absolute atomic E-state index is 13.2. The summed E-state index contributed by atoms with van der Waals surface area (Å²) in [6, 6.07) is 15.9. The highest BCUT2D eigenvalue weighted by atomic mass is 35.5. The zero-order valence-corrected chi connectivity index (χ0v) is 20.0. The second kappa shape index (κ2) is 8.69. The van der Waals surface area contributed by atoms with E-state index >= 15 is 0 Å². The Balaban J connectivity index is 1.56. The first-order chi connectivity index (χ1) is 15.6. The predicted molar refractivity (Wildman–Crippen MR) is 128 cm³/mol. The number of ketones is 1. The van der Waals surface area contributed by atoms with Gasteiger partial charge in [-0.25, -0.2) is 4.79 Å². The molecular weight excluding hydrogens is 461 g/mol. The number of carbonyl (C=O) groups is 3. The summed E-state index contributed by atoms with van der Waals surface area (Å²) in [6.07, 6.45) is 0. The molecule has 1 atom stereocenters. The second-order valence-electron chi connectivity index (χ2n) is 8.36. The summed E-state index contributed by atoms with van der Waals surface area (Å²) >= 11 is 12.1. The summed E-state index contributed by atoms with van der Waals surface area (Å²) in [5.74, 6) is -0.818. The van der Waals surface area contributed by atoms with Gasteiger partial charge in [-0.2, -0.15) is 0 Å². The summed E-state index contributed by atoms with van der Waals surface area (Å²) < 4.78 is 2.05. The van der Waals surface area contributed by atoms with E-state index in [1.165, 1.54) is 0 Å². The van der Waals surface area contributed by atoms with Crippen molar-refractivity contribution in [3.05, 3.63) is 92.7 Å². The number of amides is 3. The van der Waals surface area contributed by atoms with E-state index in [9.17, 15) is 14.4 Å². The van der Waals surface area contributed by atoms with Crippen LogP contribution in [-0.4, -0.2) is 33.7 Å². The first-order valence-electron chi connectivity index (χ1n) is 10.5. The molecule has 2 heterocycles. The highest BCUT2D eigenvalue weighted by Gasteiger charge is 2.49. The van der Waals surface area contributed by atoms with Crippen molar-refractivity contribution in [1.82, 2.24) is 14.8 Å². The predicted octanol–water partition coefficient (Wildman–Crippen LogP) is 5.11. The van der Waals surface area contributed by atoms with E-state index in [4.69, 9.17) is 23.2 Å². The normalized spacial score (nSPS) is 18.0. The summed E-state index contributed by atoms with van der Waals surface area (Å²) in [4.78, 5) is 40.0. The molecule has 0 spiro atoms. The Labute approximate surface area is 202 Å². The van der Waals surface area contributed by atoms with Crippen LogP contribution in [0, 0.1) is 13.8 Å². The van der Waals surface area contributed by atoms with Crippen LogP contribution in [0.1, 0.15) is 39.8 Å². The lowest BCUT2D eigenvalue weighted by molar-refractivity contribution is -0.130. The Morgan fingerprint density at radius 2 is 1.70 bits per heavy atom. The van der Waals surface area contributed by atoms with Crippen molar-refractivity contribution >= 4 is 40.9 Å². The average molecular weight is 484 g/mol. The maximum atomic E-state index is 13.2. The lowest BCUT2D eigenvalue weighted by Crippen LogP contribution is -2.41. The van der Waals surface area contributed by atoms with Gasteiger partial charge in [0.25, 0.3) is 5.91 Å². The Hall–Kier alpha value is -3.09. The molecule has 1 saturated heterocycles. The Bertz CT molecular complexity index is 1270. The van der Waals surface area contributed by atoms with Crippen molar-refractivity contribution in [3.63, 3.8) is 0 Å². The number of hydrogen-bond acceptors (Lipinski definition) is 3. The number of imide groups is 1. The van der Waals surface area contributed by atoms with Crippen molar-refractivity contribution in [3.8, 4) is 0 Å². The third kappa shape index (κ3) is 4.16. The van der Waals surface area contributed by atoms with Crippen LogP contribution < -0.4 is 5.32 Å². The molecule has 1 unspecified atom stereocenters. The summed E-state index contributed by atoms with van der Waals surface area (Å²) in [5, 5.41) is 3.31. The van der Waals surface area contributed by atoms with E-state index in [2.05, 4.69) is 5.32 Å². The van der Waals surface area contributed by atoms with Crippen molar-refractivity contribution < 1.29 is 14.4 Å². The van der Waals surface area contributed by atoms with Crippen molar-refractivity contribution in [2.45, 2.75) is 32.9 Å². The first kappa shape index (κ1) is 23.1. The van der Waals surface area contributed by atoms with Gasteiger partial charge in [-0.1, -0.05) is 59.6 Å². The first-order valence-corrected chi connectivity index (χ1v) is 11.2. The molecule has 1 fully saturated rings. The fourth-order valence-corrected chi connectivity index (χ4v) is 4.46. The molecule has 1 aromatic heterocycles. The molecule has 170 valence electrons. The molecular formula is C25H23Cl2N3O3. The molecule has 3 aromatic rings. The van der Waals surface area contributed by atoms with Crippen LogP contribution in [0.15, 0.2) is 54.6 Å². The number of halogens is 2. The fraction of sp³-hybridized carbons (Fsp3) is 0.240. The molecule has 0 bridgehead atoms. The number of Topliss-reactive ketones (excluding diaryl/α,β-unsaturated/α-hetero) is 1. The number of aryl methyl sites for hydroxylation is 1. The van der Waals surface area contributed by atoms with Gasteiger partial charge in [0, 0.05) is 23.5 Å². The fourth-order valence-electron chi connectivity index (χ4n) is 4.16. The highest BCUT2D eigenvalue weighted by molar-refractivity contribution is 6.42. The standard InChI is InChI=1S/C25H23Cl2N3O3/c1-15-11-19(16(2)29(15)13-17-7-5-4-6-8-17)22(31)14-30-23(32)25(3,28-24(30)33)18-9-10-20(26)21(27)12-18/h4-12H,13-14H2,1-3H3,(H,28,33). The van der Waals surface area contributed by atoms with E-state index in [-0.39, 0.29) is 17.4 Å². The molecule has 33 heavy (non-hydrogen) atoms. The third-order valence-corrected chi connectivity index (χ3v) is 6.87. The van der Waals surface area contributed by atoms with E-state index in [1.807, 2.05) is 48.7 Å². The van der Waals surface area contributed by atoms with Crippen LogP contribution in [0.5, 0.6) is 0 Å². The van der Waals surface area contributed by atoms with Crippen molar-refractivity contribution in [2.24, 2.45) is 0 Å². The molecule has 4 rings (SSSR count). The third-order valence-electron chi connectivity index (χ3n) is 6.13. The number of nitrogens with one attached hydrogen (secondary N) is 1. The van der Waals surface area contributed by atoms with E-state index in [1.54, 1.807) is 31.2 Å². The van der Waals surface area contributed by atoms with Crippen LogP contribution in [0.2, 0.25) is 10.0 Å². The Morgan fingerprint density at radius 1 is 1.00 bits per heavy atom. The van der Waals surface area contributed by atoms with Crippen LogP contribution >= 0.6 is 23.2 Å². The van der Waals surface area contributed by atoms with Gasteiger partial charge in [-0.05, 0) is 50.1 Å². The average Bonchev–Trinajstić information content (AvgIpc) is 3.19. The molecule has 0 saturated carbocycles. The van der Waals surface area contributed by atoms with Gasteiger partial charge in [-0.3, -0.25) is 14.5 Å². The summed E-state index contributed by atoms with van der Waals surface area (Å²) in [7, 11) is 0. The second-order valence-corrected chi connectivity index (χ2v) is 9.17. The Morgan fingerprint density at radius 3 is 2.36 bits per heavy atom. The molecule has 8 heteroatoms. The van der Waals surface area contributed by atoms with Gasteiger partial charge >= 0.3 is 6.03 Å². The number of hydrogen-bond donors (Lipinski definition) is 1. The molecule has 2 aromatic carbocycles. The van der Waals surface area contributed by atoms with E-state index in [0.717, 1.165) is 21.9 Å². The van der Waals surface area contributed by atoms with Gasteiger partial charge in [0.05, 0.1) is 16.6 Å². The molecule has 1 aliphatic heterocycles. The number of carbonyl (C=O) groups excluding carboxylic acids is 3. The molecule has 3 amide bonds. The summed E-state index contributed by atoms with van der Waals surface area (Å²) in [6.45, 7) is 5.67. The quantitative estimate of drug-likeness (QED) is 0.391. The van der Waals surface area contributed by atoms with E-state index in [0.29, 0.717) is 22.7 Å². The Kier molecular flexibility index (Phi) is 6.08. The van der Waals surface area contributed by atoms with Crippen LogP contribution in [0.4, 0.5) is 4.79 Å². The van der Waals surface area contributed by atoms with E-state index < -0.39 is 17.5 Å². The number of benzene rings is 2. The number of aromatic nitrogens is 1. The molecule has 1 N–H and O–H groups in total. The largest absolute Gasteiger partial charge is 0.344 e. The van der Waals surface area contributed by atoms with Gasteiger partial charge < -0.3 is 9.88 Å². The molecule has 0 radical (unpaired) electrons. The molecule has 1 aliphatic rings. The summed E-state index contributed by atoms with van der Waals surface area (Å²) in [5.41, 5.74) is 2.48. The maximum Gasteiger partial charge on any atom is 0.325 e. The zero-order valence-electron chi connectivity index (χ0n) is 18.5.